The Morgan fingerprint density at radius 1 is 1.20 bits per heavy atom. The summed E-state index contributed by atoms with van der Waals surface area (Å²) in [5, 5.41) is 3.53. The molecule has 20 heavy (non-hydrogen) atoms. The van der Waals surface area contributed by atoms with Crippen LogP contribution < -0.4 is 15.8 Å². The predicted molar refractivity (Wildman–Crippen MR) is 81.9 cm³/mol. The average molecular weight is 275 g/mol. The third kappa shape index (κ3) is 3.56. The molecule has 1 aromatic rings. The van der Waals surface area contributed by atoms with Crippen LogP contribution in [0.4, 0.5) is 11.5 Å². The summed E-state index contributed by atoms with van der Waals surface area (Å²) < 4.78 is 5.73. The first-order valence-corrected chi connectivity index (χ1v) is 7.86. The van der Waals surface area contributed by atoms with Gasteiger partial charge in [0.2, 0.25) is 5.88 Å². The zero-order valence-corrected chi connectivity index (χ0v) is 12.3. The van der Waals surface area contributed by atoms with Gasteiger partial charge in [-0.1, -0.05) is 6.92 Å². The van der Waals surface area contributed by atoms with E-state index in [2.05, 4.69) is 17.2 Å². The molecule has 0 unspecified atom stereocenters. The van der Waals surface area contributed by atoms with Crippen molar-refractivity contribution in [2.24, 2.45) is 11.8 Å². The Morgan fingerprint density at radius 2 is 1.95 bits per heavy atom. The maximum atomic E-state index is 5.93. The number of nitrogens with zero attached hydrogens (tertiary/aromatic N) is 1. The van der Waals surface area contributed by atoms with Crippen molar-refractivity contribution in [1.29, 1.82) is 0 Å². The van der Waals surface area contributed by atoms with Gasteiger partial charge in [-0.25, -0.2) is 0 Å². The van der Waals surface area contributed by atoms with E-state index in [1.165, 1.54) is 38.5 Å². The lowest BCUT2D eigenvalue weighted by Crippen LogP contribution is -2.25. The van der Waals surface area contributed by atoms with Gasteiger partial charge < -0.3 is 15.8 Å². The van der Waals surface area contributed by atoms with Crippen molar-refractivity contribution in [2.75, 3.05) is 17.7 Å². The van der Waals surface area contributed by atoms with Gasteiger partial charge in [-0.05, 0) is 62.5 Å². The number of rotatable bonds is 5. The van der Waals surface area contributed by atoms with Gasteiger partial charge >= 0.3 is 0 Å². The van der Waals surface area contributed by atoms with Crippen molar-refractivity contribution in [2.45, 2.75) is 51.5 Å². The lowest BCUT2D eigenvalue weighted by atomic mass is 9.87. The van der Waals surface area contributed by atoms with E-state index < -0.39 is 0 Å². The van der Waals surface area contributed by atoms with Gasteiger partial charge in [0.1, 0.15) is 5.82 Å². The number of hydrogen-bond acceptors (Lipinski definition) is 4. The van der Waals surface area contributed by atoms with Crippen LogP contribution >= 0.6 is 0 Å². The molecule has 4 heteroatoms. The van der Waals surface area contributed by atoms with E-state index in [9.17, 15) is 0 Å². The summed E-state index contributed by atoms with van der Waals surface area (Å²) in [6.07, 6.45) is 7.61. The summed E-state index contributed by atoms with van der Waals surface area (Å²) in [7, 11) is 0. The average Bonchev–Trinajstić information content (AvgIpc) is 3.26. The quantitative estimate of drug-likeness (QED) is 0.864. The Labute approximate surface area is 121 Å². The van der Waals surface area contributed by atoms with Crippen molar-refractivity contribution in [1.82, 2.24) is 4.98 Å². The molecule has 3 rings (SSSR count). The Kier molecular flexibility index (Phi) is 3.99. The maximum Gasteiger partial charge on any atom is 0.239 e. The number of pyridine rings is 1. The molecule has 0 saturated heterocycles. The van der Waals surface area contributed by atoms with Crippen molar-refractivity contribution < 1.29 is 4.74 Å². The normalized spacial score (nSPS) is 26.2. The van der Waals surface area contributed by atoms with Crippen LogP contribution in [0.1, 0.15) is 45.4 Å². The van der Waals surface area contributed by atoms with Crippen LogP contribution in [0.2, 0.25) is 0 Å². The van der Waals surface area contributed by atoms with E-state index in [4.69, 9.17) is 10.5 Å². The highest BCUT2D eigenvalue weighted by molar-refractivity contribution is 5.53. The van der Waals surface area contributed by atoms with Crippen LogP contribution in [-0.4, -0.2) is 17.6 Å². The van der Waals surface area contributed by atoms with Gasteiger partial charge in [0.05, 0.1) is 12.3 Å². The highest BCUT2D eigenvalue weighted by Crippen LogP contribution is 2.31. The molecule has 0 bridgehead atoms. The molecule has 0 spiro atoms. The number of hydrogen-bond donors (Lipinski definition) is 2. The first-order chi connectivity index (χ1) is 9.70. The first kappa shape index (κ1) is 13.5. The molecule has 0 atom stereocenters. The molecule has 2 aliphatic carbocycles. The van der Waals surface area contributed by atoms with Gasteiger partial charge in [0.25, 0.3) is 0 Å². The third-order valence-electron chi connectivity index (χ3n) is 4.41. The largest absolute Gasteiger partial charge is 0.476 e. The van der Waals surface area contributed by atoms with Crippen molar-refractivity contribution >= 4 is 11.5 Å². The van der Waals surface area contributed by atoms with Crippen molar-refractivity contribution in [3.8, 4) is 5.88 Å². The van der Waals surface area contributed by atoms with Crippen LogP contribution in [-0.2, 0) is 0 Å². The number of nitrogens with one attached hydrogen (secondary N) is 1. The SMILES string of the molecule is CC1CCC(Nc2ccc(N)c(OCC3CC3)n2)CC1. The number of nitrogen functional groups attached to an aromatic ring is 1. The zero-order valence-electron chi connectivity index (χ0n) is 12.3. The fraction of sp³-hybridized carbons (Fsp3) is 0.688. The van der Waals surface area contributed by atoms with Gasteiger partial charge in [-0.15, -0.1) is 0 Å². The Hall–Kier alpha value is -1.45. The summed E-state index contributed by atoms with van der Waals surface area (Å²) in [4.78, 5) is 4.53. The summed E-state index contributed by atoms with van der Waals surface area (Å²) in [5.41, 5.74) is 6.56. The molecule has 2 fully saturated rings. The molecule has 2 saturated carbocycles. The summed E-state index contributed by atoms with van der Waals surface area (Å²) in [5.74, 6) is 3.06. The van der Waals surface area contributed by atoms with Crippen LogP contribution in [0.5, 0.6) is 5.88 Å². The number of nitrogens with two attached hydrogens (primary N) is 1. The Morgan fingerprint density at radius 3 is 2.65 bits per heavy atom. The number of anilines is 2. The molecule has 0 aromatic carbocycles. The van der Waals surface area contributed by atoms with Crippen molar-refractivity contribution in [3.05, 3.63) is 12.1 Å². The van der Waals surface area contributed by atoms with E-state index >= 15 is 0 Å². The fourth-order valence-electron chi connectivity index (χ4n) is 2.74. The molecule has 110 valence electrons. The molecular formula is C16H25N3O. The van der Waals surface area contributed by atoms with E-state index in [-0.39, 0.29) is 0 Å². The summed E-state index contributed by atoms with van der Waals surface area (Å²) >= 11 is 0. The molecule has 4 nitrogen and oxygen atoms in total. The van der Waals surface area contributed by atoms with E-state index in [1.807, 2.05) is 12.1 Å². The molecule has 3 N–H and O–H groups in total. The lowest BCUT2D eigenvalue weighted by Gasteiger charge is -2.27. The van der Waals surface area contributed by atoms with Crippen LogP contribution in [0, 0.1) is 11.8 Å². The smallest absolute Gasteiger partial charge is 0.239 e. The molecule has 0 aliphatic heterocycles. The zero-order chi connectivity index (χ0) is 13.9. The Balaban J connectivity index is 1.59. The standard InChI is InChI=1S/C16H25N3O/c1-11-2-6-13(7-3-11)18-15-9-8-14(17)16(19-15)20-10-12-4-5-12/h8-9,11-13H,2-7,10,17H2,1H3,(H,18,19). The minimum Gasteiger partial charge on any atom is -0.476 e. The molecule has 0 amide bonds. The number of ether oxygens (including phenoxy) is 1. The summed E-state index contributed by atoms with van der Waals surface area (Å²) in [6.45, 7) is 3.09. The minimum atomic E-state index is 0.540. The minimum absolute atomic E-state index is 0.540. The van der Waals surface area contributed by atoms with Gasteiger partial charge in [0, 0.05) is 6.04 Å². The van der Waals surface area contributed by atoms with E-state index in [1.54, 1.807) is 0 Å². The van der Waals surface area contributed by atoms with Crippen LogP contribution in [0.15, 0.2) is 12.1 Å². The molecule has 1 aromatic heterocycles. The fourth-order valence-corrected chi connectivity index (χ4v) is 2.74. The molecular weight excluding hydrogens is 250 g/mol. The van der Waals surface area contributed by atoms with Crippen molar-refractivity contribution in [3.63, 3.8) is 0 Å². The van der Waals surface area contributed by atoms with Crippen LogP contribution in [0.25, 0.3) is 0 Å². The monoisotopic (exact) mass is 275 g/mol. The highest BCUT2D eigenvalue weighted by atomic mass is 16.5. The van der Waals surface area contributed by atoms with E-state index in [0.717, 1.165) is 18.3 Å². The summed E-state index contributed by atoms with van der Waals surface area (Å²) in [6, 6.07) is 4.39. The van der Waals surface area contributed by atoms with Gasteiger partial charge in [0.15, 0.2) is 0 Å². The highest BCUT2D eigenvalue weighted by Gasteiger charge is 2.23. The second kappa shape index (κ2) is 5.90. The topological polar surface area (TPSA) is 60.2 Å². The Bertz CT molecular complexity index is 451. The number of aromatic nitrogens is 1. The molecule has 0 radical (unpaired) electrons. The van der Waals surface area contributed by atoms with Gasteiger partial charge in [-0.2, -0.15) is 4.98 Å². The molecule has 2 aliphatic rings. The third-order valence-corrected chi connectivity index (χ3v) is 4.41. The lowest BCUT2D eigenvalue weighted by molar-refractivity contribution is 0.290. The maximum absolute atomic E-state index is 5.93. The first-order valence-electron chi connectivity index (χ1n) is 7.86. The van der Waals surface area contributed by atoms with Gasteiger partial charge in [-0.3, -0.25) is 0 Å². The molecule has 1 heterocycles. The second-order valence-electron chi connectivity index (χ2n) is 6.45. The predicted octanol–water partition coefficient (Wildman–Crippen LogP) is 3.44. The van der Waals surface area contributed by atoms with Crippen LogP contribution in [0.3, 0.4) is 0 Å². The van der Waals surface area contributed by atoms with E-state index in [0.29, 0.717) is 23.5 Å². The second-order valence-corrected chi connectivity index (χ2v) is 6.45.